The molecule has 0 amide bonds. The third-order valence-electron chi connectivity index (χ3n) is 5.13. The first-order chi connectivity index (χ1) is 12.6. The van der Waals surface area contributed by atoms with Crippen LogP contribution in [0.2, 0.25) is 13.3 Å². The zero-order valence-electron chi connectivity index (χ0n) is 17.3. The van der Waals surface area contributed by atoms with E-state index in [1.807, 2.05) is 18.2 Å². The second kappa shape index (κ2) is 13.4. The second-order valence-electron chi connectivity index (χ2n) is 7.47. The molecule has 146 valence electrons. The molecule has 0 aliphatic carbocycles. The zero-order chi connectivity index (χ0) is 19.3. The standard InChI is InChI=1S/C11H11O2.3C4H9.Sn/c1-3-11(13-9(2)12)10-7-5-4-6-8-10;3*1-3-4-2;/h1,3-8,11H,2H3;3*1,3-4H2,2H3;. The van der Waals surface area contributed by atoms with Gasteiger partial charge in [-0.3, -0.25) is 0 Å². The van der Waals surface area contributed by atoms with Crippen molar-refractivity contribution in [2.24, 2.45) is 0 Å². The van der Waals surface area contributed by atoms with Crippen LogP contribution in [-0.2, 0) is 9.53 Å². The van der Waals surface area contributed by atoms with Crippen LogP contribution in [0.25, 0.3) is 0 Å². The monoisotopic (exact) mass is 466 g/mol. The van der Waals surface area contributed by atoms with Gasteiger partial charge < -0.3 is 0 Å². The van der Waals surface area contributed by atoms with Gasteiger partial charge in [0.1, 0.15) is 0 Å². The van der Waals surface area contributed by atoms with E-state index in [1.54, 1.807) is 0 Å². The molecule has 1 aromatic carbocycles. The summed E-state index contributed by atoms with van der Waals surface area (Å²) >= 11 is -2.35. The van der Waals surface area contributed by atoms with Crippen molar-refractivity contribution in [3.63, 3.8) is 0 Å². The van der Waals surface area contributed by atoms with Crippen LogP contribution < -0.4 is 0 Å². The van der Waals surface area contributed by atoms with Gasteiger partial charge in [0.15, 0.2) is 0 Å². The molecule has 0 aliphatic rings. The fraction of sp³-hybridized carbons (Fsp3) is 0.609. The third-order valence-corrected chi connectivity index (χ3v) is 19.3. The van der Waals surface area contributed by atoms with Crippen LogP contribution in [-0.4, -0.2) is 24.3 Å². The molecular formula is C23H38O2Sn. The molecule has 26 heavy (non-hydrogen) atoms. The van der Waals surface area contributed by atoms with Crippen molar-refractivity contribution in [1.29, 1.82) is 0 Å². The second-order valence-corrected chi connectivity index (χ2v) is 20.5. The van der Waals surface area contributed by atoms with E-state index >= 15 is 0 Å². The van der Waals surface area contributed by atoms with Crippen LogP contribution in [0.15, 0.2) is 40.5 Å². The Morgan fingerprint density at radius 1 is 0.962 bits per heavy atom. The van der Waals surface area contributed by atoms with Gasteiger partial charge in [0.05, 0.1) is 0 Å². The SMILES string of the molecule is CCC[CH2][Sn](/[CH]=C/C(OC(C)=O)c1ccccc1)([CH2]CCC)[CH2]CCC. The summed E-state index contributed by atoms with van der Waals surface area (Å²) in [6, 6.07) is 10.1. The molecule has 2 nitrogen and oxygen atoms in total. The number of hydrogen-bond acceptors (Lipinski definition) is 2. The molecule has 0 saturated heterocycles. The Kier molecular flexibility index (Phi) is 12.0. The van der Waals surface area contributed by atoms with Gasteiger partial charge in [-0.25, -0.2) is 0 Å². The van der Waals surface area contributed by atoms with Crippen LogP contribution in [0.3, 0.4) is 0 Å². The van der Waals surface area contributed by atoms with E-state index in [2.05, 4.69) is 43.1 Å². The predicted molar refractivity (Wildman–Crippen MR) is 115 cm³/mol. The molecule has 1 rings (SSSR count). The minimum absolute atomic E-state index is 0.208. The fourth-order valence-electron chi connectivity index (χ4n) is 3.54. The Balaban J connectivity index is 3.09. The number of esters is 1. The molecule has 0 radical (unpaired) electrons. The summed E-state index contributed by atoms with van der Waals surface area (Å²) in [5.41, 5.74) is 1.07. The molecule has 1 atom stereocenters. The molecule has 0 bridgehead atoms. The van der Waals surface area contributed by atoms with E-state index < -0.39 is 18.4 Å². The van der Waals surface area contributed by atoms with E-state index in [4.69, 9.17) is 4.74 Å². The summed E-state index contributed by atoms with van der Waals surface area (Å²) in [6.07, 6.45) is 9.85. The van der Waals surface area contributed by atoms with Crippen molar-refractivity contribution in [2.45, 2.75) is 85.6 Å². The van der Waals surface area contributed by atoms with Gasteiger partial charge in [0, 0.05) is 0 Å². The van der Waals surface area contributed by atoms with Gasteiger partial charge in [0.25, 0.3) is 0 Å². The van der Waals surface area contributed by atoms with Crippen molar-refractivity contribution in [3.8, 4) is 0 Å². The first-order valence-electron chi connectivity index (χ1n) is 10.5. The van der Waals surface area contributed by atoms with Gasteiger partial charge in [-0.1, -0.05) is 0 Å². The van der Waals surface area contributed by atoms with Gasteiger partial charge in [-0.2, -0.15) is 0 Å². The molecule has 0 aliphatic heterocycles. The summed E-state index contributed by atoms with van der Waals surface area (Å²) in [6.45, 7) is 8.40. The first-order valence-corrected chi connectivity index (χ1v) is 18.2. The van der Waals surface area contributed by atoms with Gasteiger partial charge in [-0.15, -0.1) is 0 Å². The summed E-state index contributed by atoms with van der Waals surface area (Å²) in [7, 11) is 0. The van der Waals surface area contributed by atoms with Gasteiger partial charge in [0.2, 0.25) is 0 Å². The molecule has 0 N–H and O–H groups in total. The maximum atomic E-state index is 11.6. The molecule has 0 spiro atoms. The van der Waals surface area contributed by atoms with Crippen molar-refractivity contribution in [2.75, 3.05) is 0 Å². The fourth-order valence-corrected chi connectivity index (χ4v) is 17.8. The van der Waals surface area contributed by atoms with E-state index in [1.165, 1.54) is 58.8 Å². The molecular weight excluding hydrogens is 427 g/mol. The molecule has 1 aromatic rings. The van der Waals surface area contributed by atoms with Crippen molar-refractivity contribution < 1.29 is 9.53 Å². The summed E-state index contributed by atoms with van der Waals surface area (Å²) in [4.78, 5) is 11.6. The summed E-state index contributed by atoms with van der Waals surface area (Å²) in [5, 5.41) is 0. The molecule has 0 saturated carbocycles. The Morgan fingerprint density at radius 2 is 1.46 bits per heavy atom. The topological polar surface area (TPSA) is 26.3 Å². The average Bonchev–Trinajstić information content (AvgIpc) is 2.66. The summed E-state index contributed by atoms with van der Waals surface area (Å²) < 4.78 is 12.5. The quantitative estimate of drug-likeness (QED) is 0.227. The zero-order valence-corrected chi connectivity index (χ0v) is 20.2. The molecule has 0 fully saturated rings. The van der Waals surface area contributed by atoms with E-state index in [0.29, 0.717) is 0 Å². The van der Waals surface area contributed by atoms with Crippen molar-refractivity contribution >= 4 is 24.3 Å². The Bertz CT molecular complexity index is 502. The molecule has 1 unspecified atom stereocenters. The van der Waals surface area contributed by atoms with Crippen LogP contribution >= 0.6 is 0 Å². The Hall–Kier alpha value is -0.771. The normalized spacial score (nSPS) is 13.1. The Labute approximate surface area is 165 Å². The molecule has 0 heterocycles. The molecule has 3 heteroatoms. The van der Waals surface area contributed by atoms with E-state index in [-0.39, 0.29) is 12.1 Å². The van der Waals surface area contributed by atoms with Crippen LogP contribution in [0.4, 0.5) is 0 Å². The minimum atomic E-state index is -2.35. The Morgan fingerprint density at radius 3 is 1.88 bits per heavy atom. The van der Waals surface area contributed by atoms with E-state index in [9.17, 15) is 4.79 Å². The number of benzene rings is 1. The number of rotatable bonds is 13. The van der Waals surface area contributed by atoms with Crippen LogP contribution in [0, 0.1) is 0 Å². The van der Waals surface area contributed by atoms with Gasteiger partial charge >= 0.3 is 166 Å². The number of unbranched alkanes of at least 4 members (excludes halogenated alkanes) is 3. The number of hydrogen-bond donors (Lipinski definition) is 0. The van der Waals surface area contributed by atoms with Gasteiger partial charge in [-0.05, 0) is 0 Å². The molecule has 0 aromatic heterocycles. The van der Waals surface area contributed by atoms with E-state index in [0.717, 1.165) is 5.56 Å². The first kappa shape index (κ1) is 23.3. The number of ether oxygens (including phenoxy) is 1. The number of carbonyl (C=O) groups excluding carboxylic acids is 1. The maximum absolute atomic E-state index is 11.6. The predicted octanol–water partition coefficient (Wildman–Crippen LogP) is 7.24. The summed E-state index contributed by atoms with van der Waals surface area (Å²) in [5.74, 6) is -0.208. The number of carbonyl (C=O) groups is 1. The van der Waals surface area contributed by atoms with Crippen LogP contribution in [0.5, 0.6) is 0 Å². The third kappa shape index (κ3) is 8.74. The average molecular weight is 465 g/mol. The van der Waals surface area contributed by atoms with Crippen molar-refractivity contribution in [3.05, 3.63) is 46.1 Å². The van der Waals surface area contributed by atoms with Crippen molar-refractivity contribution in [1.82, 2.24) is 0 Å². The van der Waals surface area contributed by atoms with Crippen LogP contribution in [0.1, 0.15) is 77.9 Å².